The third-order valence-corrected chi connectivity index (χ3v) is 4.02. The minimum absolute atomic E-state index is 0.00454. The van der Waals surface area contributed by atoms with Gasteiger partial charge in [0, 0.05) is 30.2 Å². The Morgan fingerprint density at radius 1 is 1.40 bits per heavy atom. The number of aliphatic hydroxyl groups excluding tert-OH is 3. The van der Waals surface area contributed by atoms with Crippen LogP contribution in [0.3, 0.4) is 0 Å². The number of nitrogens with two attached hydrogens (primary N) is 1. The number of nitrogen functional groups attached to an aromatic ring is 1. The number of anilines is 1. The molecule has 0 aromatic carbocycles. The zero-order valence-electron chi connectivity index (χ0n) is 10.6. The molecule has 8 nitrogen and oxygen atoms in total. The van der Waals surface area contributed by atoms with Crippen molar-refractivity contribution in [3.05, 3.63) is 22.1 Å². The maximum Gasteiger partial charge on any atom is 0.276 e. The van der Waals surface area contributed by atoms with E-state index < -0.39 is 18.1 Å². The topological polar surface area (TPSA) is 148 Å². The Labute approximate surface area is 113 Å². The summed E-state index contributed by atoms with van der Waals surface area (Å²) in [6.07, 6.45) is 0.00938. The number of H-pyrrole nitrogens is 2. The van der Waals surface area contributed by atoms with Crippen molar-refractivity contribution in [1.82, 2.24) is 15.0 Å². The van der Waals surface area contributed by atoms with Gasteiger partial charge in [0.15, 0.2) is 0 Å². The third kappa shape index (κ3) is 1.80. The smallest absolute Gasteiger partial charge is 0.276 e. The van der Waals surface area contributed by atoms with Crippen molar-refractivity contribution in [3.8, 4) is 0 Å². The summed E-state index contributed by atoms with van der Waals surface area (Å²) in [4.78, 5) is 21.0. The number of nitrogens with one attached hydrogen (secondary N) is 2. The number of hydrogen-bond donors (Lipinski definition) is 6. The van der Waals surface area contributed by atoms with E-state index in [4.69, 9.17) is 5.73 Å². The normalized spacial score (nSPS) is 30.1. The molecule has 0 saturated heterocycles. The van der Waals surface area contributed by atoms with Crippen LogP contribution in [0.15, 0.2) is 11.0 Å². The molecular weight excluding hydrogens is 264 g/mol. The maximum atomic E-state index is 11.7. The summed E-state index contributed by atoms with van der Waals surface area (Å²) in [6.45, 7) is -0.201. The lowest BCUT2D eigenvalue weighted by Crippen LogP contribution is -2.28. The van der Waals surface area contributed by atoms with Crippen LogP contribution in [-0.2, 0) is 0 Å². The predicted molar refractivity (Wildman–Crippen MR) is 71.1 cm³/mol. The summed E-state index contributed by atoms with van der Waals surface area (Å²) < 4.78 is 0. The van der Waals surface area contributed by atoms with Gasteiger partial charge >= 0.3 is 0 Å². The number of aromatic nitrogens is 3. The second kappa shape index (κ2) is 4.58. The Morgan fingerprint density at radius 2 is 2.15 bits per heavy atom. The third-order valence-electron chi connectivity index (χ3n) is 4.02. The fourth-order valence-corrected chi connectivity index (χ4v) is 2.95. The molecule has 0 aliphatic heterocycles. The fourth-order valence-electron chi connectivity index (χ4n) is 2.95. The highest BCUT2D eigenvalue weighted by atomic mass is 16.3. The summed E-state index contributed by atoms with van der Waals surface area (Å²) in [5, 5.41) is 29.2. The zero-order valence-corrected chi connectivity index (χ0v) is 10.6. The van der Waals surface area contributed by atoms with Crippen LogP contribution in [-0.4, -0.2) is 49.1 Å². The van der Waals surface area contributed by atoms with Gasteiger partial charge in [-0.05, 0) is 6.42 Å². The van der Waals surface area contributed by atoms with Crippen molar-refractivity contribution in [2.75, 3.05) is 12.3 Å². The van der Waals surface area contributed by atoms with Crippen LogP contribution in [0.2, 0.25) is 0 Å². The second-order valence-corrected chi connectivity index (χ2v) is 5.18. The minimum atomic E-state index is -1.01. The van der Waals surface area contributed by atoms with E-state index in [1.807, 2.05) is 0 Å². The van der Waals surface area contributed by atoms with Crippen molar-refractivity contribution >= 4 is 17.0 Å². The van der Waals surface area contributed by atoms with Gasteiger partial charge in [0.05, 0.1) is 12.2 Å². The first-order chi connectivity index (χ1) is 9.52. The van der Waals surface area contributed by atoms with Crippen LogP contribution in [0.5, 0.6) is 0 Å². The zero-order chi connectivity index (χ0) is 14.4. The highest BCUT2D eigenvalue weighted by Gasteiger charge is 2.42. The second-order valence-electron chi connectivity index (χ2n) is 5.18. The van der Waals surface area contributed by atoms with Gasteiger partial charge in [-0.3, -0.25) is 9.78 Å². The van der Waals surface area contributed by atoms with Gasteiger partial charge in [0.2, 0.25) is 5.95 Å². The summed E-state index contributed by atoms with van der Waals surface area (Å²) in [5.74, 6) is -0.793. The quantitative estimate of drug-likeness (QED) is 0.400. The maximum absolute atomic E-state index is 11.7. The van der Waals surface area contributed by atoms with Crippen LogP contribution < -0.4 is 11.3 Å². The van der Waals surface area contributed by atoms with Gasteiger partial charge in [0.1, 0.15) is 11.0 Å². The summed E-state index contributed by atoms with van der Waals surface area (Å²) in [6, 6.07) is 0. The lowest BCUT2D eigenvalue weighted by Gasteiger charge is -2.15. The van der Waals surface area contributed by atoms with Crippen LogP contribution in [0.25, 0.3) is 11.0 Å². The number of fused-ring (bicyclic) bond motifs is 1. The van der Waals surface area contributed by atoms with Crippen molar-refractivity contribution in [1.29, 1.82) is 0 Å². The van der Waals surface area contributed by atoms with Crippen LogP contribution in [0.1, 0.15) is 17.9 Å². The summed E-state index contributed by atoms with van der Waals surface area (Å²) >= 11 is 0. The molecule has 1 fully saturated rings. The van der Waals surface area contributed by atoms with Crippen LogP contribution in [0.4, 0.5) is 5.95 Å². The summed E-state index contributed by atoms with van der Waals surface area (Å²) in [5.41, 5.74) is 6.45. The number of hydrogen-bond acceptors (Lipinski definition) is 6. The molecule has 0 amide bonds. The molecule has 7 N–H and O–H groups in total. The van der Waals surface area contributed by atoms with Crippen LogP contribution in [0, 0.1) is 5.92 Å². The molecule has 2 heterocycles. The van der Waals surface area contributed by atoms with Crippen molar-refractivity contribution < 1.29 is 15.3 Å². The van der Waals surface area contributed by atoms with E-state index in [9.17, 15) is 20.1 Å². The standard InChI is InChI=1S/C12H16N4O4/c13-12-15-7-6(2-14-8(7)11(20)16-12)5-1-4(3-17)9(18)10(5)19/h2,4-5,9-10,14,17-19H,1,3H2,(H3,13,15,16,20)/t4-,5+,9-,10+/m1/s1. The largest absolute Gasteiger partial charge is 0.396 e. The molecule has 8 heteroatoms. The highest BCUT2D eigenvalue weighted by Crippen LogP contribution is 2.40. The van der Waals surface area contributed by atoms with E-state index in [1.54, 1.807) is 6.20 Å². The molecule has 108 valence electrons. The first kappa shape index (κ1) is 13.1. The number of nitrogens with zero attached hydrogens (tertiary/aromatic N) is 1. The van der Waals surface area contributed by atoms with Gasteiger partial charge < -0.3 is 26.0 Å². The molecule has 0 unspecified atom stereocenters. The van der Waals surface area contributed by atoms with Gasteiger partial charge in [-0.1, -0.05) is 0 Å². The van der Waals surface area contributed by atoms with Gasteiger partial charge in [-0.25, -0.2) is 4.98 Å². The number of aromatic amines is 2. The molecule has 0 bridgehead atoms. The summed E-state index contributed by atoms with van der Waals surface area (Å²) in [7, 11) is 0. The average Bonchev–Trinajstić information content (AvgIpc) is 2.93. The van der Waals surface area contributed by atoms with Crippen molar-refractivity contribution in [3.63, 3.8) is 0 Å². The molecule has 2 aromatic heterocycles. The van der Waals surface area contributed by atoms with E-state index in [0.29, 0.717) is 17.5 Å². The van der Waals surface area contributed by atoms with Crippen molar-refractivity contribution in [2.24, 2.45) is 5.92 Å². The Balaban J connectivity index is 2.09. The predicted octanol–water partition coefficient (Wildman–Crippen LogP) is -1.35. The molecule has 4 atom stereocenters. The van der Waals surface area contributed by atoms with Gasteiger partial charge in [0.25, 0.3) is 5.56 Å². The first-order valence-corrected chi connectivity index (χ1v) is 6.36. The molecule has 0 radical (unpaired) electrons. The number of aliphatic hydroxyl groups is 3. The SMILES string of the molecule is Nc1nc2c([C@@H]3C[C@H](CO)[C@@H](O)[C@H]3O)c[nH]c2c(=O)[nH]1. The molecule has 3 rings (SSSR count). The molecular formula is C12H16N4O4. The van der Waals surface area contributed by atoms with E-state index >= 15 is 0 Å². The lowest BCUT2D eigenvalue weighted by atomic mass is 9.96. The monoisotopic (exact) mass is 280 g/mol. The van der Waals surface area contributed by atoms with E-state index in [2.05, 4.69) is 15.0 Å². The molecule has 20 heavy (non-hydrogen) atoms. The van der Waals surface area contributed by atoms with E-state index in [1.165, 1.54) is 0 Å². The Morgan fingerprint density at radius 3 is 2.80 bits per heavy atom. The highest BCUT2D eigenvalue weighted by molar-refractivity contribution is 5.79. The van der Waals surface area contributed by atoms with E-state index in [-0.39, 0.29) is 29.5 Å². The van der Waals surface area contributed by atoms with Gasteiger partial charge in [-0.15, -0.1) is 0 Å². The molecule has 1 aliphatic rings. The molecule has 1 aliphatic carbocycles. The Kier molecular flexibility index (Phi) is 3.00. The Hall–Kier alpha value is -1.90. The first-order valence-electron chi connectivity index (χ1n) is 6.36. The van der Waals surface area contributed by atoms with Gasteiger partial charge in [-0.2, -0.15) is 0 Å². The minimum Gasteiger partial charge on any atom is -0.396 e. The number of rotatable bonds is 2. The van der Waals surface area contributed by atoms with E-state index in [0.717, 1.165) is 0 Å². The lowest BCUT2D eigenvalue weighted by molar-refractivity contribution is 0.00241. The van der Waals surface area contributed by atoms with Crippen molar-refractivity contribution in [2.45, 2.75) is 24.5 Å². The van der Waals surface area contributed by atoms with Crippen LogP contribution >= 0.6 is 0 Å². The fraction of sp³-hybridized carbons (Fsp3) is 0.500. The average molecular weight is 280 g/mol. The molecule has 1 saturated carbocycles. The molecule has 2 aromatic rings. The molecule has 0 spiro atoms. The Bertz CT molecular complexity index is 694.